The normalized spacial score (nSPS) is 11.5. The van der Waals surface area contributed by atoms with Crippen LogP contribution >= 0.6 is 17.2 Å². The largest absolute Gasteiger partial charge is 0.297 e. The first-order chi connectivity index (χ1) is 15.3. The SMILES string of the molecule is CCCCOS(=O)(=O)c1ccccc1CCCC.CCCC[P+](C)(CCCC)CCCC.P. The highest BCUT2D eigenvalue weighted by atomic mass is 32.2. The van der Waals surface area contributed by atoms with Gasteiger partial charge in [0.2, 0.25) is 0 Å². The smallest absolute Gasteiger partial charge is 0.266 e. The van der Waals surface area contributed by atoms with Crippen molar-refractivity contribution in [1.82, 2.24) is 0 Å². The van der Waals surface area contributed by atoms with Crippen LogP contribution in [0.3, 0.4) is 0 Å². The van der Waals surface area contributed by atoms with Gasteiger partial charge in [0, 0.05) is 13.9 Å². The molecular weight excluding hydrogens is 466 g/mol. The lowest BCUT2D eigenvalue weighted by Gasteiger charge is -2.22. The Kier molecular flexibility index (Phi) is 22.7. The van der Waals surface area contributed by atoms with Gasteiger partial charge in [-0.3, -0.25) is 4.18 Å². The molecule has 0 aromatic heterocycles. The van der Waals surface area contributed by atoms with E-state index >= 15 is 0 Å². The Morgan fingerprint density at radius 3 is 1.64 bits per heavy atom. The maximum atomic E-state index is 12.1. The average Bonchev–Trinajstić information content (AvgIpc) is 2.79. The molecule has 0 aliphatic carbocycles. The van der Waals surface area contributed by atoms with Gasteiger partial charge in [0.1, 0.15) is 0 Å². The van der Waals surface area contributed by atoms with E-state index in [-0.39, 0.29) is 16.5 Å². The van der Waals surface area contributed by atoms with Crippen LogP contribution < -0.4 is 0 Å². The monoisotopic (exact) mass is 521 g/mol. The van der Waals surface area contributed by atoms with Crippen molar-refractivity contribution < 1.29 is 12.6 Å². The van der Waals surface area contributed by atoms with Gasteiger partial charge in [0.15, 0.2) is 0 Å². The maximum absolute atomic E-state index is 12.1. The summed E-state index contributed by atoms with van der Waals surface area (Å²) < 4.78 is 29.2. The van der Waals surface area contributed by atoms with E-state index in [0.717, 1.165) is 37.7 Å². The molecule has 0 aliphatic heterocycles. The van der Waals surface area contributed by atoms with Gasteiger partial charge >= 0.3 is 0 Å². The van der Waals surface area contributed by atoms with Crippen LogP contribution in [0.2, 0.25) is 0 Å². The Bertz CT molecular complexity index is 656. The first-order valence-electron chi connectivity index (χ1n) is 13.1. The topological polar surface area (TPSA) is 43.4 Å². The van der Waals surface area contributed by atoms with Gasteiger partial charge in [-0.1, -0.05) is 84.9 Å². The molecule has 0 fully saturated rings. The van der Waals surface area contributed by atoms with Crippen molar-refractivity contribution in [3.8, 4) is 0 Å². The van der Waals surface area contributed by atoms with Gasteiger partial charge in [-0.2, -0.15) is 18.3 Å². The molecule has 0 saturated heterocycles. The molecule has 1 rings (SSSR count). The number of hydrogen-bond acceptors (Lipinski definition) is 3. The minimum atomic E-state index is -3.59. The molecule has 1 aromatic rings. The first-order valence-corrected chi connectivity index (χ1v) is 17.3. The van der Waals surface area contributed by atoms with Crippen LogP contribution in [-0.2, 0) is 20.7 Å². The minimum Gasteiger partial charge on any atom is -0.266 e. The standard InChI is InChI=1S/C14H22O3S.C13H30P.H3P/c1-3-5-9-13-10-7-8-11-14(13)18(15,16)17-12-6-4-2;1-5-8-11-14(4,12-9-6-2)13-10-7-3;/h7-8,10-11H,3-6,9,12H2,1-2H3;5-13H2,1-4H3;1H3/q;+1;. The summed E-state index contributed by atoms with van der Waals surface area (Å²) in [5.41, 5.74) is 0.857. The van der Waals surface area contributed by atoms with Gasteiger partial charge in [-0.15, -0.1) is 0 Å². The van der Waals surface area contributed by atoms with E-state index in [0.29, 0.717) is 4.90 Å². The zero-order valence-electron chi connectivity index (χ0n) is 22.7. The molecule has 0 amide bonds. The fraction of sp³-hybridized carbons (Fsp3) is 0.778. The molecule has 33 heavy (non-hydrogen) atoms. The summed E-state index contributed by atoms with van der Waals surface area (Å²) in [7, 11) is -4.11. The van der Waals surface area contributed by atoms with Crippen molar-refractivity contribution in [1.29, 1.82) is 0 Å². The number of aryl methyl sites for hydroxylation is 1. The van der Waals surface area contributed by atoms with Gasteiger partial charge in [0.25, 0.3) is 10.1 Å². The predicted molar refractivity (Wildman–Crippen MR) is 156 cm³/mol. The summed E-state index contributed by atoms with van der Waals surface area (Å²) >= 11 is 0. The van der Waals surface area contributed by atoms with E-state index in [4.69, 9.17) is 4.18 Å². The number of benzene rings is 1. The molecular formula is C27H55O3P2S+. The summed E-state index contributed by atoms with van der Waals surface area (Å²) in [6.45, 7) is 14.0. The highest BCUT2D eigenvalue weighted by molar-refractivity contribution is 7.86. The fourth-order valence-electron chi connectivity index (χ4n) is 3.65. The van der Waals surface area contributed by atoms with Crippen molar-refractivity contribution in [2.75, 3.05) is 31.8 Å². The predicted octanol–water partition coefficient (Wildman–Crippen LogP) is 8.63. The second kappa shape index (κ2) is 21.3. The molecule has 196 valence electrons. The van der Waals surface area contributed by atoms with E-state index in [1.807, 2.05) is 19.1 Å². The molecule has 0 aliphatic rings. The summed E-state index contributed by atoms with van der Waals surface area (Å²) in [4.78, 5) is 0.328. The molecule has 0 N–H and O–H groups in total. The average molecular weight is 522 g/mol. The van der Waals surface area contributed by atoms with Gasteiger partial charge in [0.05, 0.1) is 30.0 Å². The van der Waals surface area contributed by atoms with Crippen LogP contribution in [0.4, 0.5) is 0 Å². The van der Waals surface area contributed by atoms with E-state index in [1.54, 1.807) is 30.6 Å². The van der Waals surface area contributed by atoms with E-state index in [2.05, 4.69) is 34.4 Å². The van der Waals surface area contributed by atoms with Crippen LogP contribution in [0.15, 0.2) is 29.2 Å². The third-order valence-electron chi connectivity index (χ3n) is 5.93. The van der Waals surface area contributed by atoms with Crippen LogP contribution in [-0.4, -0.2) is 40.2 Å². The molecule has 1 atom stereocenters. The summed E-state index contributed by atoms with van der Waals surface area (Å²) in [5.74, 6) is 0. The molecule has 1 unspecified atom stereocenters. The Morgan fingerprint density at radius 2 is 1.18 bits per heavy atom. The zero-order chi connectivity index (χ0) is 24.3. The van der Waals surface area contributed by atoms with Crippen molar-refractivity contribution >= 4 is 27.3 Å². The van der Waals surface area contributed by atoms with Crippen LogP contribution in [0.1, 0.15) is 104 Å². The van der Waals surface area contributed by atoms with Gasteiger partial charge in [-0.25, -0.2) is 0 Å². The molecule has 0 radical (unpaired) electrons. The van der Waals surface area contributed by atoms with Crippen molar-refractivity contribution in [2.45, 2.75) is 110 Å². The summed E-state index contributed by atoms with van der Waals surface area (Å²) in [6, 6.07) is 7.11. The maximum Gasteiger partial charge on any atom is 0.297 e. The molecule has 1 aromatic carbocycles. The Balaban J connectivity index is 0. The minimum absolute atomic E-state index is 0. The molecule has 0 saturated carbocycles. The Morgan fingerprint density at radius 1 is 0.727 bits per heavy atom. The summed E-state index contributed by atoms with van der Waals surface area (Å²) in [6.07, 6.45) is 17.7. The number of rotatable bonds is 17. The van der Waals surface area contributed by atoms with E-state index in [1.165, 1.54) is 38.5 Å². The molecule has 3 nitrogen and oxygen atoms in total. The zero-order valence-corrected chi connectivity index (χ0v) is 25.8. The Labute approximate surface area is 211 Å². The molecule has 0 heterocycles. The van der Waals surface area contributed by atoms with Crippen LogP contribution in [0, 0.1) is 0 Å². The lowest BCUT2D eigenvalue weighted by atomic mass is 10.1. The fourth-order valence-corrected chi connectivity index (χ4v) is 8.76. The summed E-state index contributed by atoms with van der Waals surface area (Å²) in [5, 5.41) is 0. The first kappa shape index (κ1) is 35.2. The second-order valence-corrected chi connectivity index (χ2v) is 15.4. The molecule has 0 spiro atoms. The third kappa shape index (κ3) is 16.3. The Hall–Kier alpha value is -0.0100. The second-order valence-electron chi connectivity index (χ2n) is 9.19. The molecule has 0 bridgehead atoms. The van der Waals surface area contributed by atoms with E-state index < -0.39 is 17.4 Å². The van der Waals surface area contributed by atoms with E-state index in [9.17, 15) is 8.42 Å². The lowest BCUT2D eigenvalue weighted by Crippen LogP contribution is -2.10. The highest BCUT2D eigenvalue weighted by Crippen LogP contribution is 2.57. The van der Waals surface area contributed by atoms with Gasteiger partial charge in [-0.05, 0) is 50.2 Å². The van der Waals surface area contributed by atoms with Crippen LogP contribution in [0.25, 0.3) is 0 Å². The van der Waals surface area contributed by atoms with Crippen LogP contribution in [0.5, 0.6) is 0 Å². The van der Waals surface area contributed by atoms with Crippen molar-refractivity contribution in [3.63, 3.8) is 0 Å². The van der Waals surface area contributed by atoms with Crippen molar-refractivity contribution in [2.24, 2.45) is 0 Å². The quantitative estimate of drug-likeness (QED) is 0.117. The number of unbranched alkanes of at least 4 members (excludes halogenated alkanes) is 5. The molecule has 6 heteroatoms. The lowest BCUT2D eigenvalue weighted by molar-refractivity contribution is 0.310. The highest BCUT2D eigenvalue weighted by Gasteiger charge is 2.28. The third-order valence-corrected chi connectivity index (χ3v) is 11.5. The van der Waals surface area contributed by atoms with Gasteiger partial charge < -0.3 is 0 Å². The number of hydrogen-bond donors (Lipinski definition) is 0. The van der Waals surface area contributed by atoms with Crippen molar-refractivity contribution in [3.05, 3.63) is 29.8 Å².